The van der Waals surface area contributed by atoms with Crippen LogP contribution in [0, 0.1) is 6.92 Å². The van der Waals surface area contributed by atoms with Crippen molar-refractivity contribution in [1.82, 2.24) is 0 Å². The molecule has 3 rings (SSSR count). The Kier molecular flexibility index (Phi) is 4.08. The van der Waals surface area contributed by atoms with Gasteiger partial charge in [-0.05, 0) is 55.5 Å². The second kappa shape index (κ2) is 6.33. The van der Waals surface area contributed by atoms with Gasteiger partial charge in [0.25, 0.3) is 0 Å². The first kappa shape index (κ1) is 14.2. The fraction of sp³-hybridized carbons (Fsp3) is 0.0526. The molecule has 0 aromatic heterocycles. The summed E-state index contributed by atoms with van der Waals surface area (Å²) in [4.78, 5) is 2.22. The lowest BCUT2D eigenvalue weighted by atomic mass is 10.1. The normalized spacial score (nSPS) is 10.3. The van der Waals surface area contributed by atoms with Crippen molar-refractivity contribution in [3.63, 3.8) is 0 Å². The standard InChI is InChI=1S/C19H19N3/c1-15-7-11-18(12-8-15)22(17-5-3-2-4-6-17)19-13-9-16(21-20)10-14-19/h2-14,21H,20H2,1H3. The highest BCUT2D eigenvalue weighted by Crippen LogP contribution is 2.34. The van der Waals surface area contributed by atoms with E-state index in [0.717, 1.165) is 22.7 Å². The smallest absolute Gasteiger partial charge is 0.0486 e. The predicted molar refractivity (Wildman–Crippen MR) is 93.7 cm³/mol. The highest BCUT2D eigenvalue weighted by molar-refractivity contribution is 5.77. The van der Waals surface area contributed by atoms with Crippen molar-refractivity contribution >= 4 is 22.7 Å². The number of para-hydroxylation sites is 1. The molecule has 3 aromatic rings. The van der Waals surface area contributed by atoms with Gasteiger partial charge in [0.15, 0.2) is 0 Å². The van der Waals surface area contributed by atoms with Gasteiger partial charge < -0.3 is 10.3 Å². The van der Waals surface area contributed by atoms with Gasteiger partial charge in [-0.1, -0.05) is 35.9 Å². The Morgan fingerprint density at radius 1 is 0.682 bits per heavy atom. The van der Waals surface area contributed by atoms with Gasteiger partial charge in [-0.2, -0.15) is 0 Å². The van der Waals surface area contributed by atoms with Gasteiger partial charge in [-0.3, -0.25) is 5.84 Å². The maximum absolute atomic E-state index is 5.45. The fourth-order valence-electron chi connectivity index (χ4n) is 2.42. The summed E-state index contributed by atoms with van der Waals surface area (Å²) in [7, 11) is 0. The molecule has 3 N–H and O–H groups in total. The first-order valence-electron chi connectivity index (χ1n) is 7.26. The summed E-state index contributed by atoms with van der Waals surface area (Å²) in [5.74, 6) is 5.45. The third-order valence-electron chi connectivity index (χ3n) is 3.60. The number of anilines is 4. The molecule has 0 fully saturated rings. The number of nitrogen functional groups attached to an aromatic ring is 1. The summed E-state index contributed by atoms with van der Waals surface area (Å²) in [6, 6.07) is 26.9. The zero-order valence-corrected chi connectivity index (χ0v) is 12.5. The van der Waals surface area contributed by atoms with E-state index < -0.39 is 0 Å². The van der Waals surface area contributed by atoms with E-state index in [-0.39, 0.29) is 0 Å². The van der Waals surface area contributed by atoms with E-state index in [4.69, 9.17) is 5.84 Å². The third kappa shape index (κ3) is 2.95. The van der Waals surface area contributed by atoms with Crippen LogP contribution < -0.4 is 16.2 Å². The molecule has 0 atom stereocenters. The van der Waals surface area contributed by atoms with Crippen molar-refractivity contribution in [2.24, 2.45) is 5.84 Å². The number of rotatable bonds is 4. The van der Waals surface area contributed by atoms with Crippen molar-refractivity contribution in [3.05, 3.63) is 84.4 Å². The molecular formula is C19H19N3. The lowest BCUT2D eigenvalue weighted by molar-refractivity contribution is 1.27. The van der Waals surface area contributed by atoms with Gasteiger partial charge in [-0.25, -0.2) is 0 Å². The van der Waals surface area contributed by atoms with Gasteiger partial charge in [0.2, 0.25) is 0 Å². The summed E-state index contributed by atoms with van der Waals surface area (Å²) < 4.78 is 0. The lowest BCUT2D eigenvalue weighted by Gasteiger charge is -2.25. The number of nitrogens with two attached hydrogens (primary N) is 1. The monoisotopic (exact) mass is 289 g/mol. The van der Waals surface area contributed by atoms with Crippen molar-refractivity contribution in [2.75, 3.05) is 10.3 Å². The Balaban J connectivity index is 2.07. The molecule has 3 aromatic carbocycles. The highest BCUT2D eigenvalue weighted by atomic mass is 15.2. The van der Waals surface area contributed by atoms with E-state index in [1.165, 1.54) is 5.56 Å². The van der Waals surface area contributed by atoms with Crippen LogP contribution in [0.1, 0.15) is 5.56 Å². The van der Waals surface area contributed by atoms with Gasteiger partial charge in [0, 0.05) is 22.7 Å². The Hall–Kier alpha value is -2.78. The highest BCUT2D eigenvalue weighted by Gasteiger charge is 2.11. The first-order valence-corrected chi connectivity index (χ1v) is 7.26. The molecule has 0 amide bonds. The second-order valence-corrected chi connectivity index (χ2v) is 5.20. The number of nitrogens with zero attached hydrogens (tertiary/aromatic N) is 1. The fourth-order valence-corrected chi connectivity index (χ4v) is 2.42. The van der Waals surface area contributed by atoms with Gasteiger partial charge in [0.05, 0.1) is 0 Å². The van der Waals surface area contributed by atoms with Gasteiger partial charge in [-0.15, -0.1) is 0 Å². The molecule has 0 aliphatic heterocycles. The van der Waals surface area contributed by atoms with E-state index in [0.29, 0.717) is 0 Å². The molecule has 0 aliphatic carbocycles. The molecule has 0 aliphatic rings. The summed E-state index contributed by atoms with van der Waals surface area (Å²) in [6.07, 6.45) is 0. The Labute approximate surface area is 131 Å². The van der Waals surface area contributed by atoms with Crippen LogP contribution in [-0.4, -0.2) is 0 Å². The van der Waals surface area contributed by atoms with Crippen LogP contribution in [0.4, 0.5) is 22.7 Å². The minimum absolute atomic E-state index is 0.890. The number of nitrogens with one attached hydrogen (secondary N) is 1. The van der Waals surface area contributed by atoms with E-state index in [2.05, 4.69) is 65.8 Å². The molecule has 0 heterocycles. The second-order valence-electron chi connectivity index (χ2n) is 5.20. The molecule has 0 unspecified atom stereocenters. The molecule has 0 radical (unpaired) electrons. The molecule has 0 saturated heterocycles. The number of hydrogen-bond acceptors (Lipinski definition) is 3. The Bertz CT molecular complexity index is 719. The number of hydrogen-bond donors (Lipinski definition) is 2. The average Bonchev–Trinajstić information content (AvgIpc) is 2.58. The number of hydrazine groups is 1. The number of aryl methyl sites for hydroxylation is 1. The SMILES string of the molecule is Cc1ccc(N(c2ccccc2)c2ccc(NN)cc2)cc1. The largest absolute Gasteiger partial charge is 0.324 e. The molecule has 0 saturated carbocycles. The van der Waals surface area contributed by atoms with Crippen LogP contribution in [0.5, 0.6) is 0 Å². The zero-order valence-electron chi connectivity index (χ0n) is 12.5. The molecular weight excluding hydrogens is 270 g/mol. The molecule has 0 spiro atoms. The molecule has 110 valence electrons. The number of benzene rings is 3. The van der Waals surface area contributed by atoms with Gasteiger partial charge >= 0.3 is 0 Å². The molecule has 22 heavy (non-hydrogen) atoms. The topological polar surface area (TPSA) is 41.3 Å². The van der Waals surface area contributed by atoms with Crippen LogP contribution in [0.2, 0.25) is 0 Å². The Morgan fingerprint density at radius 3 is 1.73 bits per heavy atom. The van der Waals surface area contributed by atoms with Crippen molar-refractivity contribution in [2.45, 2.75) is 6.92 Å². The van der Waals surface area contributed by atoms with Crippen molar-refractivity contribution < 1.29 is 0 Å². The average molecular weight is 289 g/mol. The lowest BCUT2D eigenvalue weighted by Crippen LogP contribution is -2.10. The quantitative estimate of drug-likeness (QED) is 0.538. The molecule has 0 bridgehead atoms. The van der Waals surface area contributed by atoms with Crippen LogP contribution in [-0.2, 0) is 0 Å². The maximum Gasteiger partial charge on any atom is 0.0486 e. The van der Waals surface area contributed by atoms with E-state index in [1.807, 2.05) is 30.3 Å². The summed E-state index contributed by atoms with van der Waals surface area (Å²) in [5, 5.41) is 0. The van der Waals surface area contributed by atoms with E-state index >= 15 is 0 Å². The minimum Gasteiger partial charge on any atom is -0.324 e. The molecule has 3 nitrogen and oxygen atoms in total. The van der Waals surface area contributed by atoms with Crippen molar-refractivity contribution in [3.8, 4) is 0 Å². The zero-order chi connectivity index (χ0) is 15.4. The summed E-state index contributed by atoms with van der Waals surface area (Å²) in [6.45, 7) is 2.10. The van der Waals surface area contributed by atoms with Crippen LogP contribution in [0.25, 0.3) is 0 Å². The van der Waals surface area contributed by atoms with Crippen LogP contribution >= 0.6 is 0 Å². The van der Waals surface area contributed by atoms with Crippen molar-refractivity contribution in [1.29, 1.82) is 0 Å². The predicted octanol–water partition coefficient (Wildman–Crippen LogP) is 4.75. The van der Waals surface area contributed by atoms with E-state index in [1.54, 1.807) is 0 Å². The Morgan fingerprint density at radius 2 is 1.18 bits per heavy atom. The third-order valence-corrected chi connectivity index (χ3v) is 3.60. The van der Waals surface area contributed by atoms with Crippen LogP contribution in [0.3, 0.4) is 0 Å². The van der Waals surface area contributed by atoms with Crippen LogP contribution in [0.15, 0.2) is 78.9 Å². The minimum atomic E-state index is 0.890. The summed E-state index contributed by atoms with van der Waals surface area (Å²) in [5.41, 5.74) is 8.15. The van der Waals surface area contributed by atoms with E-state index in [9.17, 15) is 0 Å². The summed E-state index contributed by atoms with van der Waals surface area (Å²) >= 11 is 0. The van der Waals surface area contributed by atoms with Gasteiger partial charge in [0.1, 0.15) is 0 Å². The first-order chi connectivity index (χ1) is 10.8. The molecule has 3 heteroatoms. The maximum atomic E-state index is 5.45.